The molecule has 0 fully saturated rings. The van der Waals surface area contributed by atoms with Crippen molar-refractivity contribution in [1.29, 1.82) is 0 Å². The molecule has 2 N–H and O–H groups in total. The number of nitrogens with one attached hydrogen (secondary N) is 1. The maximum absolute atomic E-state index is 13.8. The minimum absolute atomic E-state index is 0.119. The lowest BCUT2D eigenvalue weighted by molar-refractivity contribution is 0.0698. The molecule has 0 atom stereocenters. The standard InChI is InChI=1S/C15H14FNO2/c1-9-6-7-11(15(18)19)13(8-9)17-14-10(2)4-3-5-12(14)16/h3-8,17H,1-2H3,(H,18,19). The van der Waals surface area contributed by atoms with Crippen LogP contribution in [-0.4, -0.2) is 11.1 Å². The van der Waals surface area contributed by atoms with Crippen LogP contribution in [0.4, 0.5) is 15.8 Å². The Balaban J connectivity index is 2.49. The van der Waals surface area contributed by atoms with Gasteiger partial charge in [-0.1, -0.05) is 18.2 Å². The molecule has 0 heterocycles. The zero-order chi connectivity index (χ0) is 14.0. The summed E-state index contributed by atoms with van der Waals surface area (Å²) in [6.07, 6.45) is 0. The smallest absolute Gasteiger partial charge is 0.337 e. The number of hydrogen-bond acceptors (Lipinski definition) is 2. The molecule has 2 aromatic rings. The van der Waals surface area contributed by atoms with Crippen molar-refractivity contribution in [2.45, 2.75) is 13.8 Å². The molecule has 98 valence electrons. The number of hydrogen-bond donors (Lipinski definition) is 2. The minimum Gasteiger partial charge on any atom is -0.478 e. The average molecular weight is 259 g/mol. The van der Waals surface area contributed by atoms with E-state index in [4.69, 9.17) is 5.11 Å². The Morgan fingerprint density at radius 3 is 2.58 bits per heavy atom. The van der Waals surface area contributed by atoms with E-state index >= 15 is 0 Å². The van der Waals surface area contributed by atoms with Gasteiger partial charge in [-0.3, -0.25) is 0 Å². The highest BCUT2D eigenvalue weighted by Crippen LogP contribution is 2.26. The third-order valence-corrected chi connectivity index (χ3v) is 2.89. The van der Waals surface area contributed by atoms with Crippen LogP contribution in [0.5, 0.6) is 0 Å². The number of anilines is 2. The van der Waals surface area contributed by atoms with Crippen molar-refractivity contribution in [2.24, 2.45) is 0 Å². The van der Waals surface area contributed by atoms with Crippen molar-refractivity contribution in [3.8, 4) is 0 Å². The number of aromatic carboxylic acids is 1. The molecule has 0 aliphatic carbocycles. The van der Waals surface area contributed by atoms with Crippen LogP contribution < -0.4 is 5.32 Å². The van der Waals surface area contributed by atoms with Gasteiger partial charge in [-0.2, -0.15) is 0 Å². The second-order valence-corrected chi connectivity index (χ2v) is 4.41. The van der Waals surface area contributed by atoms with E-state index in [9.17, 15) is 9.18 Å². The first-order chi connectivity index (χ1) is 8.99. The maximum atomic E-state index is 13.8. The van der Waals surface area contributed by atoms with Gasteiger partial charge in [0.15, 0.2) is 0 Å². The van der Waals surface area contributed by atoms with Crippen molar-refractivity contribution in [1.82, 2.24) is 0 Å². The van der Waals surface area contributed by atoms with Crippen LogP contribution in [0.15, 0.2) is 36.4 Å². The fourth-order valence-electron chi connectivity index (χ4n) is 1.87. The van der Waals surface area contributed by atoms with Gasteiger partial charge in [-0.05, 0) is 43.2 Å². The first-order valence-electron chi connectivity index (χ1n) is 5.85. The molecule has 0 aromatic heterocycles. The van der Waals surface area contributed by atoms with Gasteiger partial charge < -0.3 is 10.4 Å². The van der Waals surface area contributed by atoms with Crippen LogP contribution >= 0.6 is 0 Å². The molecule has 4 heteroatoms. The number of benzene rings is 2. The molecular formula is C15H14FNO2. The lowest BCUT2D eigenvalue weighted by atomic mass is 10.1. The van der Waals surface area contributed by atoms with E-state index in [2.05, 4.69) is 5.32 Å². The van der Waals surface area contributed by atoms with Crippen LogP contribution in [-0.2, 0) is 0 Å². The Bertz CT molecular complexity index is 618. The first kappa shape index (κ1) is 13.1. The van der Waals surface area contributed by atoms with Gasteiger partial charge >= 0.3 is 5.97 Å². The van der Waals surface area contributed by atoms with Gasteiger partial charge in [-0.15, -0.1) is 0 Å². The van der Waals surface area contributed by atoms with E-state index in [1.807, 2.05) is 6.92 Å². The molecule has 2 rings (SSSR count). The van der Waals surface area contributed by atoms with Crippen molar-refractivity contribution in [2.75, 3.05) is 5.32 Å². The first-order valence-corrected chi connectivity index (χ1v) is 5.85. The molecule has 0 aliphatic rings. The Morgan fingerprint density at radius 2 is 1.95 bits per heavy atom. The maximum Gasteiger partial charge on any atom is 0.337 e. The fraction of sp³-hybridized carbons (Fsp3) is 0.133. The lowest BCUT2D eigenvalue weighted by Crippen LogP contribution is -2.05. The van der Waals surface area contributed by atoms with Crippen molar-refractivity contribution >= 4 is 17.3 Å². The predicted molar refractivity (Wildman–Crippen MR) is 72.6 cm³/mol. The number of rotatable bonds is 3. The fourth-order valence-corrected chi connectivity index (χ4v) is 1.87. The highest BCUT2D eigenvalue weighted by atomic mass is 19.1. The quantitative estimate of drug-likeness (QED) is 0.879. The van der Waals surface area contributed by atoms with Gasteiger partial charge in [0.05, 0.1) is 16.9 Å². The largest absolute Gasteiger partial charge is 0.478 e. The van der Waals surface area contributed by atoms with Crippen molar-refractivity contribution in [3.63, 3.8) is 0 Å². The van der Waals surface area contributed by atoms with Gasteiger partial charge in [0, 0.05) is 0 Å². The number of para-hydroxylation sites is 1. The van der Waals surface area contributed by atoms with E-state index < -0.39 is 11.8 Å². The molecule has 2 aromatic carbocycles. The summed E-state index contributed by atoms with van der Waals surface area (Å²) in [5.74, 6) is -1.45. The highest BCUT2D eigenvalue weighted by Gasteiger charge is 2.13. The van der Waals surface area contributed by atoms with Crippen LogP contribution in [0.25, 0.3) is 0 Å². The van der Waals surface area contributed by atoms with Crippen molar-refractivity contribution < 1.29 is 14.3 Å². The molecule has 0 unspecified atom stereocenters. The SMILES string of the molecule is Cc1ccc(C(=O)O)c(Nc2c(C)cccc2F)c1. The summed E-state index contributed by atoms with van der Waals surface area (Å²) in [5.41, 5.74) is 2.43. The van der Waals surface area contributed by atoms with E-state index in [1.54, 1.807) is 31.2 Å². The molecule has 19 heavy (non-hydrogen) atoms. The topological polar surface area (TPSA) is 49.3 Å². The molecule has 0 amide bonds. The second-order valence-electron chi connectivity index (χ2n) is 4.41. The molecule has 3 nitrogen and oxygen atoms in total. The highest BCUT2D eigenvalue weighted by molar-refractivity contribution is 5.95. The van der Waals surface area contributed by atoms with Crippen LogP contribution in [0.3, 0.4) is 0 Å². The summed E-state index contributed by atoms with van der Waals surface area (Å²) in [7, 11) is 0. The number of aryl methyl sites for hydroxylation is 2. The summed E-state index contributed by atoms with van der Waals surface area (Å²) < 4.78 is 13.8. The number of carboxylic acids is 1. The van der Waals surface area contributed by atoms with Gasteiger partial charge in [-0.25, -0.2) is 9.18 Å². The van der Waals surface area contributed by atoms with E-state index in [-0.39, 0.29) is 5.56 Å². The third-order valence-electron chi connectivity index (χ3n) is 2.89. The zero-order valence-corrected chi connectivity index (χ0v) is 10.7. The average Bonchev–Trinajstić information content (AvgIpc) is 2.33. The number of carbonyl (C=O) groups is 1. The van der Waals surface area contributed by atoms with E-state index in [0.717, 1.165) is 11.1 Å². The van der Waals surface area contributed by atoms with Crippen LogP contribution in [0.1, 0.15) is 21.5 Å². The number of halogens is 1. The predicted octanol–water partition coefficient (Wildman–Crippen LogP) is 3.88. The summed E-state index contributed by atoms with van der Waals surface area (Å²) >= 11 is 0. The molecule has 0 bridgehead atoms. The lowest BCUT2D eigenvalue weighted by Gasteiger charge is -2.13. The Labute approximate surface area is 110 Å². The summed E-state index contributed by atoms with van der Waals surface area (Å²) in [6, 6.07) is 9.63. The van der Waals surface area contributed by atoms with E-state index in [0.29, 0.717) is 11.4 Å². The molecule has 0 spiro atoms. The van der Waals surface area contributed by atoms with Gasteiger partial charge in [0.25, 0.3) is 0 Å². The normalized spacial score (nSPS) is 10.3. The van der Waals surface area contributed by atoms with Gasteiger partial charge in [0.1, 0.15) is 5.82 Å². The second kappa shape index (κ2) is 5.10. The Morgan fingerprint density at radius 1 is 1.21 bits per heavy atom. The molecule has 0 radical (unpaired) electrons. The molecule has 0 saturated heterocycles. The zero-order valence-electron chi connectivity index (χ0n) is 10.7. The number of carboxylic acid groups (broad SMARTS) is 1. The van der Waals surface area contributed by atoms with Crippen LogP contribution in [0, 0.1) is 19.7 Å². The third kappa shape index (κ3) is 2.73. The van der Waals surface area contributed by atoms with Crippen LogP contribution in [0.2, 0.25) is 0 Å². The van der Waals surface area contributed by atoms with Crippen molar-refractivity contribution in [3.05, 3.63) is 58.9 Å². The monoisotopic (exact) mass is 259 g/mol. The van der Waals surface area contributed by atoms with E-state index in [1.165, 1.54) is 12.1 Å². The minimum atomic E-state index is -1.04. The Kier molecular flexibility index (Phi) is 3.51. The molecular weight excluding hydrogens is 245 g/mol. The summed E-state index contributed by atoms with van der Waals surface area (Å²) in [6.45, 7) is 3.62. The van der Waals surface area contributed by atoms with Gasteiger partial charge in [0.2, 0.25) is 0 Å². The molecule has 0 saturated carbocycles. The Hall–Kier alpha value is -2.36. The summed E-state index contributed by atoms with van der Waals surface area (Å²) in [4.78, 5) is 11.2. The molecule has 0 aliphatic heterocycles. The summed E-state index contributed by atoms with van der Waals surface area (Å²) in [5, 5.41) is 12.0.